The lowest BCUT2D eigenvalue weighted by Gasteiger charge is -2.08. The molecule has 0 aliphatic carbocycles. The molecule has 0 bridgehead atoms. The molecule has 0 aliphatic heterocycles. The van der Waals surface area contributed by atoms with E-state index in [-0.39, 0.29) is 0 Å². The summed E-state index contributed by atoms with van der Waals surface area (Å²) in [5.74, 6) is 0. The molecule has 0 amide bonds. The maximum Gasteiger partial charge on any atom is 0.0991 e. The van der Waals surface area contributed by atoms with Crippen LogP contribution in [0.25, 0.3) is 11.3 Å². The van der Waals surface area contributed by atoms with Crippen LogP contribution >= 0.6 is 0 Å². The highest BCUT2D eigenvalue weighted by Gasteiger charge is 2.05. The van der Waals surface area contributed by atoms with Crippen molar-refractivity contribution in [1.82, 2.24) is 9.55 Å². The standard InChI is InChI=1S/C17H13N3/c18-10-14-6-8-16(9-7-14)17-11-19-13-20(17)12-15-4-2-1-3-5-15/h1-9,11,13H,12H2. The molecular formula is C17H13N3. The molecule has 0 spiro atoms. The predicted molar refractivity (Wildman–Crippen MR) is 77.9 cm³/mol. The highest BCUT2D eigenvalue weighted by atomic mass is 15.0. The van der Waals surface area contributed by atoms with Crippen LogP contribution in [-0.2, 0) is 6.54 Å². The fourth-order valence-electron chi connectivity index (χ4n) is 2.18. The van der Waals surface area contributed by atoms with Crippen LogP contribution in [0.4, 0.5) is 0 Å². The first-order chi connectivity index (χ1) is 9.86. The average molecular weight is 259 g/mol. The third-order valence-corrected chi connectivity index (χ3v) is 3.22. The van der Waals surface area contributed by atoms with E-state index in [2.05, 4.69) is 27.8 Å². The van der Waals surface area contributed by atoms with E-state index in [4.69, 9.17) is 5.26 Å². The summed E-state index contributed by atoms with van der Waals surface area (Å²) in [4.78, 5) is 4.24. The van der Waals surface area contributed by atoms with Crippen LogP contribution in [0.3, 0.4) is 0 Å². The van der Waals surface area contributed by atoms with Crippen molar-refractivity contribution < 1.29 is 0 Å². The average Bonchev–Trinajstić information content (AvgIpc) is 2.96. The normalized spacial score (nSPS) is 10.2. The van der Waals surface area contributed by atoms with E-state index < -0.39 is 0 Å². The Morgan fingerprint density at radius 2 is 1.75 bits per heavy atom. The first-order valence-corrected chi connectivity index (χ1v) is 6.41. The van der Waals surface area contributed by atoms with E-state index in [9.17, 15) is 0 Å². The Morgan fingerprint density at radius 1 is 1.00 bits per heavy atom. The molecule has 3 aromatic rings. The lowest BCUT2D eigenvalue weighted by molar-refractivity contribution is 0.805. The molecule has 0 unspecified atom stereocenters. The number of nitriles is 1. The molecule has 1 heterocycles. The van der Waals surface area contributed by atoms with Crippen LogP contribution in [-0.4, -0.2) is 9.55 Å². The molecule has 0 radical (unpaired) electrons. The molecule has 3 rings (SSSR count). The minimum Gasteiger partial charge on any atom is -0.326 e. The lowest BCUT2D eigenvalue weighted by atomic mass is 10.1. The summed E-state index contributed by atoms with van der Waals surface area (Å²) >= 11 is 0. The maximum atomic E-state index is 8.84. The second-order valence-electron chi connectivity index (χ2n) is 4.58. The van der Waals surface area contributed by atoms with E-state index in [0.29, 0.717) is 5.56 Å². The summed E-state index contributed by atoms with van der Waals surface area (Å²) in [5, 5.41) is 8.84. The van der Waals surface area contributed by atoms with Crippen LogP contribution in [0.1, 0.15) is 11.1 Å². The zero-order valence-corrected chi connectivity index (χ0v) is 10.9. The number of rotatable bonds is 3. The van der Waals surface area contributed by atoms with Gasteiger partial charge in [-0.2, -0.15) is 5.26 Å². The van der Waals surface area contributed by atoms with Crippen molar-refractivity contribution in [2.75, 3.05) is 0 Å². The molecule has 3 nitrogen and oxygen atoms in total. The molecule has 0 saturated carbocycles. The number of imidazole rings is 1. The molecule has 0 aliphatic rings. The summed E-state index contributed by atoms with van der Waals surface area (Å²) in [6, 6.07) is 20.0. The Balaban J connectivity index is 1.92. The number of nitrogens with zero attached hydrogens (tertiary/aromatic N) is 3. The Labute approximate surface area is 117 Å². The molecule has 0 atom stereocenters. The fourth-order valence-corrected chi connectivity index (χ4v) is 2.18. The zero-order valence-electron chi connectivity index (χ0n) is 10.9. The summed E-state index contributed by atoms with van der Waals surface area (Å²) in [5.41, 5.74) is 4.03. The number of hydrogen-bond donors (Lipinski definition) is 0. The Bertz CT molecular complexity index is 734. The first kappa shape index (κ1) is 12.2. The van der Waals surface area contributed by atoms with Gasteiger partial charge < -0.3 is 4.57 Å². The summed E-state index contributed by atoms with van der Waals surface area (Å²) in [7, 11) is 0. The second kappa shape index (κ2) is 5.41. The molecule has 0 fully saturated rings. The van der Waals surface area contributed by atoms with E-state index in [1.165, 1.54) is 5.56 Å². The van der Waals surface area contributed by atoms with Gasteiger partial charge in [0.2, 0.25) is 0 Å². The van der Waals surface area contributed by atoms with Gasteiger partial charge in [-0.15, -0.1) is 0 Å². The summed E-state index contributed by atoms with van der Waals surface area (Å²) < 4.78 is 2.11. The number of hydrogen-bond acceptors (Lipinski definition) is 2. The topological polar surface area (TPSA) is 41.6 Å². The van der Waals surface area contributed by atoms with Crippen molar-refractivity contribution in [2.45, 2.75) is 6.54 Å². The molecule has 0 saturated heterocycles. The van der Waals surface area contributed by atoms with Gasteiger partial charge in [-0.25, -0.2) is 4.98 Å². The van der Waals surface area contributed by atoms with Crippen LogP contribution in [0.15, 0.2) is 67.1 Å². The van der Waals surface area contributed by atoms with E-state index >= 15 is 0 Å². The third kappa shape index (κ3) is 2.45. The van der Waals surface area contributed by atoms with E-state index in [1.54, 1.807) is 0 Å². The molecule has 0 N–H and O–H groups in total. The van der Waals surface area contributed by atoms with Gasteiger partial charge in [0.25, 0.3) is 0 Å². The minimum atomic E-state index is 0.669. The quantitative estimate of drug-likeness (QED) is 0.722. The summed E-state index contributed by atoms with van der Waals surface area (Å²) in [6.07, 6.45) is 3.69. The largest absolute Gasteiger partial charge is 0.326 e. The monoisotopic (exact) mass is 259 g/mol. The van der Waals surface area contributed by atoms with Gasteiger partial charge in [-0.1, -0.05) is 42.5 Å². The molecule has 3 heteroatoms. The number of aromatic nitrogens is 2. The van der Waals surface area contributed by atoms with Gasteiger partial charge in [0.15, 0.2) is 0 Å². The van der Waals surface area contributed by atoms with Gasteiger partial charge >= 0.3 is 0 Å². The minimum absolute atomic E-state index is 0.669. The second-order valence-corrected chi connectivity index (χ2v) is 4.58. The Kier molecular flexibility index (Phi) is 3.30. The third-order valence-electron chi connectivity index (χ3n) is 3.22. The van der Waals surface area contributed by atoms with Crippen molar-refractivity contribution in [3.63, 3.8) is 0 Å². The highest BCUT2D eigenvalue weighted by Crippen LogP contribution is 2.20. The predicted octanol–water partition coefficient (Wildman–Crippen LogP) is 3.47. The smallest absolute Gasteiger partial charge is 0.0991 e. The van der Waals surface area contributed by atoms with Gasteiger partial charge in [-0.3, -0.25) is 0 Å². The molecule has 20 heavy (non-hydrogen) atoms. The van der Waals surface area contributed by atoms with Crippen molar-refractivity contribution in [1.29, 1.82) is 5.26 Å². The van der Waals surface area contributed by atoms with Crippen LogP contribution < -0.4 is 0 Å². The van der Waals surface area contributed by atoms with Gasteiger partial charge in [0.05, 0.1) is 29.9 Å². The SMILES string of the molecule is N#Cc1ccc(-c2cncn2Cc2ccccc2)cc1. The Morgan fingerprint density at radius 3 is 2.45 bits per heavy atom. The van der Waals surface area contributed by atoms with Gasteiger partial charge in [0, 0.05) is 6.54 Å². The first-order valence-electron chi connectivity index (χ1n) is 6.41. The number of benzene rings is 2. The van der Waals surface area contributed by atoms with Gasteiger partial charge in [-0.05, 0) is 23.3 Å². The molecular weight excluding hydrogens is 246 g/mol. The fraction of sp³-hybridized carbons (Fsp3) is 0.0588. The van der Waals surface area contributed by atoms with Crippen LogP contribution in [0, 0.1) is 11.3 Å². The maximum absolute atomic E-state index is 8.84. The molecule has 1 aromatic heterocycles. The molecule has 2 aromatic carbocycles. The van der Waals surface area contributed by atoms with E-state index in [1.807, 2.05) is 55.0 Å². The van der Waals surface area contributed by atoms with Crippen LogP contribution in [0.2, 0.25) is 0 Å². The molecule has 96 valence electrons. The van der Waals surface area contributed by atoms with Crippen LogP contribution in [0.5, 0.6) is 0 Å². The summed E-state index contributed by atoms with van der Waals surface area (Å²) in [6.45, 7) is 0.788. The van der Waals surface area contributed by atoms with Crippen molar-refractivity contribution in [2.24, 2.45) is 0 Å². The van der Waals surface area contributed by atoms with E-state index in [0.717, 1.165) is 17.8 Å². The zero-order chi connectivity index (χ0) is 13.8. The lowest BCUT2D eigenvalue weighted by Crippen LogP contribution is -2.00. The van der Waals surface area contributed by atoms with Gasteiger partial charge in [0.1, 0.15) is 0 Å². The van der Waals surface area contributed by atoms with Crippen molar-refractivity contribution in [3.05, 3.63) is 78.2 Å². The Hall–Kier alpha value is -2.86. The highest BCUT2D eigenvalue weighted by molar-refractivity contribution is 5.60. The van der Waals surface area contributed by atoms with Crippen molar-refractivity contribution in [3.8, 4) is 17.3 Å². The van der Waals surface area contributed by atoms with Crippen molar-refractivity contribution >= 4 is 0 Å².